The highest BCUT2D eigenvalue weighted by molar-refractivity contribution is 5.04. The van der Waals surface area contributed by atoms with E-state index >= 15 is 0 Å². The molecule has 1 radical (unpaired) electrons. The van der Waals surface area contributed by atoms with E-state index in [0.717, 1.165) is 0 Å². The molecule has 0 fully saturated rings. The van der Waals surface area contributed by atoms with Gasteiger partial charge in [0.05, 0.1) is 0 Å². The molecule has 0 bridgehead atoms. The van der Waals surface area contributed by atoms with Gasteiger partial charge in [0.1, 0.15) is 0 Å². The molecule has 0 spiro atoms. The van der Waals surface area contributed by atoms with Gasteiger partial charge in [0, 0.05) is 0 Å². The second kappa shape index (κ2) is 6.85. The van der Waals surface area contributed by atoms with Crippen LogP contribution in [-0.2, 0) is 0 Å². The van der Waals surface area contributed by atoms with Crippen LogP contribution < -0.4 is 0 Å². The van der Waals surface area contributed by atoms with Crippen molar-refractivity contribution in [1.82, 2.24) is 0 Å². The number of allylic oxidation sites excluding steroid dienone is 1. The van der Waals surface area contributed by atoms with Crippen molar-refractivity contribution in [2.24, 2.45) is 0 Å². The van der Waals surface area contributed by atoms with Crippen LogP contribution in [0, 0.1) is 6.42 Å². The second-order valence-corrected chi connectivity index (χ2v) is 2.76. The van der Waals surface area contributed by atoms with E-state index in [-0.39, 0.29) is 0 Å². The summed E-state index contributed by atoms with van der Waals surface area (Å²) >= 11 is 0. The largest absolute Gasteiger partial charge is 0.0996 e. The SMILES string of the molecule is C=C([CH]C)CCCCCC. The van der Waals surface area contributed by atoms with Crippen molar-refractivity contribution in [2.45, 2.75) is 46.0 Å². The highest BCUT2D eigenvalue weighted by atomic mass is 14.0. The lowest BCUT2D eigenvalue weighted by atomic mass is 10.1. The summed E-state index contributed by atoms with van der Waals surface area (Å²) in [7, 11) is 0. The summed E-state index contributed by atoms with van der Waals surface area (Å²) in [6.45, 7) is 8.21. The zero-order chi connectivity index (χ0) is 7.82. The van der Waals surface area contributed by atoms with Gasteiger partial charge in [-0.2, -0.15) is 0 Å². The Bertz CT molecular complexity index is 82.0. The lowest BCUT2D eigenvalue weighted by molar-refractivity contribution is 0.666. The van der Waals surface area contributed by atoms with Crippen molar-refractivity contribution in [2.75, 3.05) is 0 Å². The Morgan fingerprint density at radius 3 is 2.50 bits per heavy atom. The summed E-state index contributed by atoms with van der Waals surface area (Å²) < 4.78 is 0. The van der Waals surface area contributed by atoms with Crippen LogP contribution in [0.2, 0.25) is 0 Å². The predicted molar refractivity (Wildman–Crippen MR) is 47.9 cm³/mol. The van der Waals surface area contributed by atoms with Gasteiger partial charge in [0.15, 0.2) is 0 Å². The Balaban J connectivity index is 2.96. The molecule has 0 aliphatic heterocycles. The van der Waals surface area contributed by atoms with E-state index < -0.39 is 0 Å². The smallest absolute Gasteiger partial charge is 0.0171 e. The first-order chi connectivity index (χ1) is 4.81. The zero-order valence-corrected chi connectivity index (χ0v) is 7.32. The molecule has 10 heavy (non-hydrogen) atoms. The summed E-state index contributed by atoms with van der Waals surface area (Å²) in [5.74, 6) is 0. The Kier molecular flexibility index (Phi) is 6.68. The van der Waals surface area contributed by atoms with E-state index in [1.807, 2.05) is 0 Å². The lowest BCUT2D eigenvalue weighted by Crippen LogP contribution is -1.80. The topological polar surface area (TPSA) is 0 Å². The molecule has 0 N–H and O–H groups in total. The van der Waals surface area contributed by atoms with Crippen molar-refractivity contribution < 1.29 is 0 Å². The van der Waals surface area contributed by atoms with Crippen molar-refractivity contribution in [1.29, 1.82) is 0 Å². The zero-order valence-electron chi connectivity index (χ0n) is 7.32. The van der Waals surface area contributed by atoms with Crippen molar-refractivity contribution >= 4 is 0 Å². The summed E-state index contributed by atoms with van der Waals surface area (Å²) in [5.41, 5.74) is 1.29. The molecule has 0 heteroatoms. The molecule has 0 aromatic rings. The van der Waals surface area contributed by atoms with Gasteiger partial charge in [-0.05, 0) is 19.3 Å². The highest BCUT2D eigenvalue weighted by Crippen LogP contribution is 2.09. The van der Waals surface area contributed by atoms with E-state index in [0.29, 0.717) is 0 Å². The molecule has 0 aromatic carbocycles. The molecule has 0 heterocycles. The number of unbranched alkanes of at least 4 members (excludes halogenated alkanes) is 3. The van der Waals surface area contributed by atoms with E-state index in [1.54, 1.807) is 0 Å². The van der Waals surface area contributed by atoms with Crippen LogP contribution in [0.4, 0.5) is 0 Å². The first kappa shape index (κ1) is 9.74. The van der Waals surface area contributed by atoms with E-state index in [9.17, 15) is 0 Å². The number of rotatable bonds is 6. The maximum atomic E-state index is 3.92. The predicted octanol–water partition coefficient (Wildman–Crippen LogP) is 3.74. The fourth-order valence-electron chi connectivity index (χ4n) is 0.923. The van der Waals surface area contributed by atoms with Crippen molar-refractivity contribution in [3.8, 4) is 0 Å². The fraction of sp³-hybridized carbons (Fsp3) is 0.700. The molecule has 0 rings (SSSR count). The van der Waals surface area contributed by atoms with Gasteiger partial charge in [-0.1, -0.05) is 45.3 Å². The molecule has 0 saturated heterocycles. The third-order valence-corrected chi connectivity index (χ3v) is 1.76. The van der Waals surface area contributed by atoms with Gasteiger partial charge in [0.2, 0.25) is 0 Å². The summed E-state index contributed by atoms with van der Waals surface area (Å²) in [5, 5.41) is 0. The molecule has 0 nitrogen and oxygen atoms in total. The van der Waals surface area contributed by atoms with Crippen LogP contribution in [0.3, 0.4) is 0 Å². The van der Waals surface area contributed by atoms with E-state index in [2.05, 4.69) is 26.8 Å². The van der Waals surface area contributed by atoms with Crippen molar-refractivity contribution in [3.05, 3.63) is 18.6 Å². The van der Waals surface area contributed by atoms with Gasteiger partial charge >= 0.3 is 0 Å². The maximum Gasteiger partial charge on any atom is -0.0171 e. The quantitative estimate of drug-likeness (QED) is 0.492. The monoisotopic (exact) mass is 139 g/mol. The highest BCUT2D eigenvalue weighted by Gasteiger charge is 1.90. The summed E-state index contributed by atoms with van der Waals surface area (Å²) in [6, 6.07) is 0. The first-order valence-electron chi connectivity index (χ1n) is 4.28. The molecular weight excluding hydrogens is 120 g/mol. The van der Waals surface area contributed by atoms with Gasteiger partial charge < -0.3 is 0 Å². The van der Waals surface area contributed by atoms with Gasteiger partial charge in [-0.25, -0.2) is 0 Å². The van der Waals surface area contributed by atoms with Crippen LogP contribution in [-0.4, -0.2) is 0 Å². The van der Waals surface area contributed by atoms with Gasteiger partial charge in [-0.3, -0.25) is 0 Å². The van der Waals surface area contributed by atoms with Crippen LogP contribution >= 0.6 is 0 Å². The van der Waals surface area contributed by atoms with Crippen LogP contribution in [0.1, 0.15) is 46.0 Å². The fourth-order valence-corrected chi connectivity index (χ4v) is 0.923. The Morgan fingerprint density at radius 1 is 1.30 bits per heavy atom. The minimum absolute atomic E-state index is 1.19. The minimum Gasteiger partial charge on any atom is -0.0996 e. The third-order valence-electron chi connectivity index (χ3n) is 1.76. The summed E-state index contributed by atoms with van der Waals surface area (Å²) in [6.07, 6.45) is 8.67. The normalized spacial score (nSPS) is 9.80. The Hall–Kier alpha value is -0.260. The molecular formula is C10H19. The van der Waals surface area contributed by atoms with Gasteiger partial charge in [-0.15, -0.1) is 0 Å². The Labute approximate surface area is 65.3 Å². The van der Waals surface area contributed by atoms with Crippen LogP contribution in [0.15, 0.2) is 12.2 Å². The molecule has 0 saturated carbocycles. The molecule has 0 aromatic heterocycles. The van der Waals surface area contributed by atoms with Crippen LogP contribution in [0.25, 0.3) is 0 Å². The molecule has 0 aliphatic rings. The van der Waals surface area contributed by atoms with E-state index in [1.165, 1.54) is 37.7 Å². The molecule has 0 atom stereocenters. The average Bonchev–Trinajstić information content (AvgIpc) is 1.98. The molecule has 0 aliphatic carbocycles. The van der Waals surface area contributed by atoms with E-state index in [4.69, 9.17) is 0 Å². The van der Waals surface area contributed by atoms with Crippen LogP contribution in [0.5, 0.6) is 0 Å². The third kappa shape index (κ3) is 5.87. The number of hydrogen-bond donors (Lipinski definition) is 0. The number of hydrogen-bond acceptors (Lipinski definition) is 0. The summed E-state index contributed by atoms with van der Waals surface area (Å²) in [4.78, 5) is 0. The second-order valence-electron chi connectivity index (χ2n) is 2.76. The molecule has 0 amide bonds. The lowest BCUT2D eigenvalue weighted by Gasteiger charge is -1.99. The maximum absolute atomic E-state index is 3.92. The molecule has 59 valence electrons. The average molecular weight is 139 g/mol. The van der Waals surface area contributed by atoms with Gasteiger partial charge in [0.25, 0.3) is 0 Å². The first-order valence-corrected chi connectivity index (χ1v) is 4.28. The minimum atomic E-state index is 1.19. The Morgan fingerprint density at radius 2 is 2.00 bits per heavy atom. The standard InChI is InChI=1S/C10H19/c1-4-6-7-8-9-10(3)5-2/h5H,3-4,6-9H2,1-2H3. The molecule has 0 unspecified atom stereocenters. The van der Waals surface area contributed by atoms with Crippen molar-refractivity contribution in [3.63, 3.8) is 0 Å².